The predicted octanol–water partition coefficient (Wildman–Crippen LogP) is 1.60. The fourth-order valence-electron chi connectivity index (χ4n) is 1.57. The third kappa shape index (κ3) is 3.72. The molecule has 0 aromatic carbocycles. The van der Waals surface area contributed by atoms with E-state index in [2.05, 4.69) is 4.74 Å². The fourth-order valence-corrected chi connectivity index (χ4v) is 1.57. The molecule has 0 amide bonds. The van der Waals surface area contributed by atoms with Crippen LogP contribution in [0.3, 0.4) is 0 Å². The first-order chi connectivity index (χ1) is 8.00. The van der Waals surface area contributed by atoms with Crippen LogP contribution in [0.5, 0.6) is 0 Å². The SMILES string of the molecule is NCC(O)(COC(C(F)(F)F)C(F)(F)F)C1CC1. The van der Waals surface area contributed by atoms with Crippen molar-refractivity contribution in [2.75, 3.05) is 13.2 Å². The summed E-state index contributed by atoms with van der Waals surface area (Å²) in [5, 5.41) is 9.76. The Morgan fingerprint density at radius 1 is 1.11 bits per heavy atom. The molecule has 0 radical (unpaired) electrons. The van der Waals surface area contributed by atoms with Crippen LogP contribution in [-0.4, -0.2) is 42.3 Å². The minimum atomic E-state index is -5.57. The van der Waals surface area contributed by atoms with Crippen LogP contribution in [0.2, 0.25) is 0 Å². The van der Waals surface area contributed by atoms with Gasteiger partial charge in [0.1, 0.15) is 5.60 Å². The number of aliphatic hydroxyl groups is 1. The van der Waals surface area contributed by atoms with Crippen molar-refractivity contribution in [3.8, 4) is 0 Å². The average molecular weight is 281 g/mol. The lowest BCUT2D eigenvalue weighted by molar-refractivity contribution is -0.328. The molecule has 1 aliphatic rings. The zero-order chi connectivity index (χ0) is 14.2. The van der Waals surface area contributed by atoms with Crippen molar-refractivity contribution in [2.24, 2.45) is 11.7 Å². The van der Waals surface area contributed by atoms with Crippen LogP contribution >= 0.6 is 0 Å². The molecular formula is C9H13F6NO2. The summed E-state index contributed by atoms with van der Waals surface area (Å²) in [7, 11) is 0. The standard InChI is InChI=1S/C9H13F6NO2/c10-8(11,12)6(9(13,14)15)18-4-7(17,3-16)5-1-2-5/h5-6,17H,1-4,16H2. The predicted molar refractivity (Wildman–Crippen MR) is 48.6 cm³/mol. The van der Waals surface area contributed by atoms with Crippen molar-refractivity contribution in [1.82, 2.24) is 0 Å². The van der Waals surface area contributed by atoms with E-state index in [0.717, 1.165) is 0 Å². The molecule has 1 rings (SSSR count). The zero-order valence-corrected chi connectivity index (χ0v) is 9.18. The molecule has 108 valence electrons. The van der Waals surface area contributed by atoms with E-state index in [1.165, 1.54) is 0 Å². The second kappa shape index (κ2) is 4.86. The lowest BCUT2D eigenvalue weighted by Crippen LogP contribution is -2.51. The van der Waals surface area contributed by atoms with Crippen LogP contribution in [0.4, 0.5) is 26.3 Å². The zero-order valence-electron chi connectivity index (χ0n) is 9.18. The highest BCUT2D eigenvalue weighted by atomic mass is 19.4. The van der Waals surface area contributed by atoms with Crippen LogP contribution < -0.4 is 5.73 Å². The molecular weight excluding hydrogens is 268 g/mol. The summed E-state index contributed by atoms with van der Waals surface area (Å²) in [6.45, 7) is -1.53. The Kier molecular flexibility index (Phi) is 4.19. The number of alkyl halides is 6. The molecule has 0 heterocycles. The molecule has 0 aromatic rings. The molecule has 3 N–H and O–H groups in total. The molecule has 0 aliphatic heterocycles. The van der Waals surface area contributed by atoms with Gasteiger partial charge in [-0.2, -0.15) is 26.3 Å². The van der Waals surface area contributed by atoms with Crippen molar-refractivity contribution in [3.63, 3.8) is 0 Å². The Morgan fingerprint density at radius 2 is 1.56 bits per heavy atom. The van der Waals surface area contributed by atoms with E-state index in [9.17, 15) is 31.4 Å². The van der Waals surface area contributed by atoms with E-state index < -0.39 is 43.1 Å². The molecule has 0 saturated heterocycles. The number of ether oxygens (including phenoxy) is 1. The monoisotopic (exact) mass is 281 g/mol. The van der Waals surface area contributed by atoms with Crippen molar-refractivity contribution in [2.45, 2.75) is 36.9 Å². The lowest BCUT2D eigenvalue weighted by Gasteiger charge is -2.30. The van der Waals surface area contributed by atoms with E-state index in [-0.39, 0.29) is 0 Å². The van der Waals surface area contributed by atoms with Gasteiger partial charge in [-0.1, -0.05) is 0 Å². The maximum Gasteiger partial charge on any atom is 0.423 e. The highest BCUT2D eigenvalue weighted by molar-refractivity contribution is 4.96. The average Bonchev–Trinajstić information content (AvgIpc) is 2.96. The van der Waals surface area contributed by atoms with Gasteiger partial charge in [-0.15, -0.1) is 0 Å². The Bertz CT molecular complexity index is 274. The summed E-state index contributed by atoms with van der Waals surface area (Å²) in [5.74, 6) is -0.399. The first-order valence-corrected chi connectivity index (χ1v) is 5.18. The van der Waals surface area contributed by atoms with Crippen molar-refractivity contribution in [1.29, 1.82) is 0 Å². The molecule has 0 spiro atoms. The Morgan fingerprint density at radius 3 is 1.83 bits per heavy atom. The number of halogens is 6. The molecule has 0 aromatic heterocycles. The summed E-state index contributed by atoms with van der Waals surface area (Å²) in [6.07, 6.45) is -14.0. The van der Waals surface area contributed by atoms with Gasteiger partial charge in [0.15, 0.2) is 0 Å². The van der Waals surface area contributed by atoms with Gasteiger partial charge in [0.25, 0.3) is 0 Å². The number of hydrogen-bond donors (Lipinski definition) is 2. The normalized spacial score (nSPS) is 21.2. The number of hydrogen-bond acceptors (Lipinski definition) is 3. The Balaban J connectivity index is 2.68. The minimum absolute atomic E-state index is 0.399. The van der Waals surface area contributed by atoms with Crippen molar-refractivity contribution < 1.29 is 36.2 Å². The van der Waals surface area contributed by atoms with Gasteiger partial charge in [-0.25, -0.2) is 0 Å². The van der Waals surface area contributed by atoms with Gasteiger partial charge in [0, 0.05) is 6.54 Å². The molecule has 0 bridgehead atoms. The van der Waals surface area contributed by atoms with Crippen molar-refractivity contribution in [3.05, 3.63) is 0 Å². The van der Waals surface area contributed by atoms with Gasteiger partial charge in [0.2, 0.25) is 6.10 Å². The Hall–Kier alpha value is -0.540. The van der Waals surface area contributed by atoms with Gasteiger partial charge >= 0.3 is 12.4 Å². The van der Waals surface area contributed by atoms with Crippen LogP contribution in [0, 0.1) is 5.92 Å². The maximum absolute atomic E-state index is 12.2. The van der Waals surface area contributed by atoms with Gasteiger partial charge in [0.05, 0.1) is 6.61 Å². The van der Waals surface area contributed by atoms with Gasteiger partial charge in [-0.05, 0) is 18.8 Å². The summed E-state index contributed by atoms with van der Waals surface area (Å²) >= 11 is 0. The lowest BCUT2D eigenvalue weighted by atomic mass is 9.99. The topological polar surface area (TPSA) is 55.5 Å². The van der Waals surface area contributed by atoms with Crippen molar-refractivity contribution >= 4 is 0 Å². The molecule has 1 saturated carbocycles. The largest absolute Gasteiger partial charge is 0.423 e. The number of nitrogens with two attached hydrogens (primary N) is 1. The number of rotatable bonds is 5. The smallest absolute Gasteiger partial charge is 0.386 e. The minimum Gasteiger partial charge on any atom is -0.386 e. The first-order valence-electron chi connectivity index (χ1n) is 5.18. The highest BCUT2D eigenvalue weighted by Crippen LogP contribution is 2.41. The fraction of sp³-hybridized carbons (Fsp3) is 1.00. The van der Waals surface area contributed by atoms with Gasteiger partial charge < -0.3 is 15.6 Å². The molecule has 1 atom stereocenters. The molecule has 1 fully saturated rings. The van der Waals surface area contributed by atoms with Crippen LogP contribution in [0.25, 0.3) is 0 Å². The summed E-state index contributed by atoms with van der Waals surface area (Å²) in [5.41, 5.74) is 3.34. The second-order valence-corrected chi connectivity index (χ2v) is 4.36. The summed E-state index contributed by atoms with van der Waals surface area (Å²) < 4.78 is 76.8. The maximum atomic E-state index is 12.2. The van der Waals surface area contributed by atoms with Crippen LogP contribution in [0.15, 0.2) is 0 Å². The summed E-state index contributed by atoms with van der Waals surface area (Å²) in [6, 6.07) is 0. The van der Waals surface area contributed by atoms with E-state index in [1.54, 1.807) is 0 Å². The van der Waals surface area contributed by atoms with E-state index in [4.69, 9.17) is 5.73 Å². The molecule has 3 nitrogen and oxygen atoms in total. The second-order valence-electron chi connectivity index (χ2n) is 4.36. The van der Waals surface area contributed by atoms with E-state index >= 15 is 0 Å². The molecule has 1 unspecified atom stereocenters. The highest BCUT2D eigenvalue weighted by Gasteiger charge is 2.59. The molecule has 9 heteroatoms. The first kappa shape index (κ1) is 15.5. The van der Waals surface area contributed by atoms with E-state index in [0.29, 0.717) is 12.8 Å². The molecule has 1 aliphatic carbocycles. The van der Waals surface area contributed by atoms with Crippen LogP contribution in [-0.2, 0) is 4.74 Å². The van der Waals surface area contributed by atoms with Gasteiger partial charge in [-0.3, -0.25) is 0 Å². The Labute approximate surface area is 98.9 Å². The third-order valence-electron chi connectivity index (χ3n) is 2.79. The molecule has 18 heavy (non-hydrogen) atoms. The van der Waals surface area contributed by atoms with Crippen LogP contribution in [0.1, 0.15) is 12.8 Å². The quantitative estimate of drug-likeness (QED) is 0.753. The summed E-state index contributed by atoms with van der Waals surface area (Å²) in [4.78, 5) is 0. The van der Waals surface area contributed by atoms with E-state index in [1.807, 2.05) is 0 Å². The third-order valence-corrected chi connectivity index (χ3v) is 2.79.